The van der Waals surface area contributed by atoms with Crippen molar-refractivity contribution < 1.29 is 8.78 Å². The zero-order valence-corrected chi connectivity index (χ0v) is 8.98. The minimum Gasteiger partial charge on any atom is -0.265 e. The minimum absolute atomic E-state index is 0.0535. The van der Waals surface area contributed by atoms with Crippen LogP contribution in [-0.2, 0) is 0 Å². The van der Waals surface area contributed by atoms with E-state index in [0.29, 0.717) is 12.1 Å². The van der Waals surface area contributed by atoms with Gasteiger partial charge in [-0.1, -0.05) is 33.3 Å². The van der Waals surface area contributed by atoms with E-state index in [1.54, 1.807) is 13.1 Å². The second-order valence-electron chi connectivity index (χ2n) is 4.40. The van der Waals surface area contributed by atoms with Crippen molar-refractivity contribution in [2.24, 2.45) is 10.4 Å². The quantitative estimate of drug-likeness (QED) is 0.656. The van der Waals surface area contributed by atoms with Gasteiger partial charge in [-0.2, -0.15) is 0 Å². The molecule has 1 aliphatic heterocycles. The summed E-state index contributed by atoms with van der Waals surface area (Å²) in [4.78, 5) is 4.01. The zero-order chi connectivity index (χ0) is 10.8. The van der Waals surface area contributed by atoms with Crippen LogP contribution in [0.2, 0.25) is 0 Å². The van der Waals surface area contributed by atoms with Gasteiger partial charge in [0.2, 0.25) is 0 Å². The zero-order valence-electron chi connectivity index (χ0n) is 8.98. The van der Waals surface area contributed by atoms with Crippen molar-refractivity contribution in [3.05, 3.63) is 12.3 Å². The number of hydrogen-bond acceptors (Lipinski definition) is 1. The first-order valence-corrected chi connectivity index (χ1v) is 5.00. The number of alkyl halides is 2. The van der Waals surface area contributed by atoms with Gasteiger partial charge in [0, 0.05) is 23.7 Å². The summed E-state index contributed by atoms with van der Waals surface area (Å²) in [6.07, 6.45) is 3.73. The summed E-state index contributed by atoms with van der Waals surface area (Å²) in [5, 5.41) is 0. The monoisotopic (exact) mass is 201 g/mol. The van der Waals surface area contributed by atoms with Gasteiger partial charge >= 0.3 is 0 Å². The van der Waals surface area contributed by atoms with Crippen LogP contribution in [0.15, 0.2) is 17.3 Å². The first kappa shape index (κ1) is 11.3. The van der Waals surface area contributed by atoms with Gasteiger partial charge in [-0.05, 0) is 0 Å². The van der Waals surface area contributed by atoms with E-state index < -0.39 is 5.92 Å². The van der Waals surface area contributed by atoms with Gasteiger partial charge in [0.25, 0.3) is 5.92 Å². The highest BCUT2D eigenvalue weighted by Crippen LogP contribution is 2.33. The average molecular weight is 201 g/mol. The molecule has 3 heteroatoms. The summed E-state index contributed by atoms with van der Waals surface area (Å²) >= 11 is 0. The van der Waals surface area contributed by atoms with Crippen molar-refractivity contribution in [2.75, 3.05) is 0 Å². The third-order valence-electron chi connectivity index (χ3n) is 2.51. The second-order valence-corrected chi connectivity index (χ2v) is 4.40. The molecule has 1 aliphatic rings. The van der Waals surface area contributed by atoms with Crippen LogP contribution in [0, 0.1) is 5.41 Å². The Morgan fingerprint density at radius 2 is 2.07 bits per heavy atom. The molecule has 0 aliphatic carbocycles. The van der Waals surface area contributed by atoms with Crippen molar-refractivity contribution in [1.29, 1.82) is 0 Å². The molecule has 0 fully saturated rings. The molecule has 1 nitrogen and oxygen atoms in total. The normalized spacial score (nSPS) is 19.9. The summed E-state index contributed by atoms with van der Waals surface area (Å²) in [7, 11) is 0. The van der Waals surface area contributed by atoms with E-state index in [2.05, 4.69) is 4.99 Å². The number of aliphatic imine (C=N–C) groups is 1. The topological polar surface area (TPSA) is 12.4 Å². The summed E-state index contributed by atoms with van der Waals surface area (Å²) in [6, 6.07) is 0. The third kappa shape index (κ3) is 2.63. The largest absolute Gasteiger partial charge is 0.265 e. The molecule has 80 valence electrons. The van der Waals surface area contributed by atoms with Crippen molar-refractivity contribution >= 4 is 5.71 Å². The molecule has 0 unspecified atom stereocenters. The Morgan fingerprint density at radius 3 is 2.50 bits per heavy atom. The molecule has 0 aromatic carbocycles. The highest BCUT2D eigenvalue weighted by atomic mass is 19.3. The van der Waals surface area contributed by atoms with Crippen LogP contribution in [0.1, 0.15) is 40.0 Å². The van der Waals surface area contributed by atoms with E-state index in [9.17, 15) is 8.78 Å². The lowest BCUT2D eigenvalue weighted by Gasteiger charge is -2.23. The SMILES string of the molecule is CCCC(F)(F)CC1=NC=CC1(C)C. The predicted octanol–water partition coefficient (Wildman–Crippen LogP) is 3.81. The summed E-state index contributed by atoms with van der Waals surface area (Å²) in [5.74, 6) is -2.60. The van der Waals surface area contributed by atoms with Crippen molar-refractivity contribution in [3.63, 3.8) is 0 Å². The maximum absolute atomic E-state index is 13.3. The number of halogens is 2. The molecular weight excluding hydrogens is 184 g/mol. The molecule has 0 N–H and O–H groups in total. The molecular formula is C11H17F2N. The molecule has 0 amide bonds. The smallest absolute Gasteiger partial charge is 0.253 e. The van der Waals surface area contributed by atoms with E-state index in [1.165, 1.54) is 0 Å². The molecule has 1 heterocycles. The van der Waals surface area contributed by atoms with Gasteiger partial charge in [0.15, 0.2) is 0 Å². The molecule has 0 aromatic heterocycles. The van der Waals surface area contributed by atoms with Gasteiger partial charge in [0.05, 0.1) is 6.42 Å². The Hall–Kier alpha value is -0.730. The maximum atomic E-state index is 13.3. The van der Waals surface area contributed by atoms with Crippen LogP contribution in [0.5, 0.6) is 0 Å². The highest BCUT2D eigenvalue weighted by molar-refractivity contribution is 5.94. The Kier molecular flexibility index (Phi) is 3.07. The molecule has 0 bridgehead atoms. The molecule has 0 atom stereocenters. The van der Waals surface area contributed by atoms with Crippen molar-refractivity contribution in [3.8, 4) is 0 Å². The summed E-state index contributed by atoms with van der Waals surface area (Å²) in [6.45, 7) is 5.60. The van der Waals surface area contributed by atoms with Crippen LogP contribution in [0.3, 0.4) is 0 Å². The lowest BCUT2D eigenvalue weighted by atomic mass is 9.85. The van der Waals surface area contributed by atoms with Crippen LogP contribution < -0.4 is 0 Å². The Bertz CT molecular complexity index is 264. The number of allylic oxidation sites excluding steroid dienone is 1. The Balaban J connectivity index is 2.62. The fourth-order valence-corrected chi connectivity index (χ4v) is 1.55. The molecule has 0 radical (unpaired) electrons. The van der Waals surface area contributed by atoms with Gasteiger partial charge in [0.1, 0.15) is 0 Å². The number of rotatable bonds is 4. The first-order chi connectivity index (χ1) is 6.37. The van der Waals surface area contributed by atoms with E-state index in [0.717, 1.165) is 0 Å². The van der Waals surface area contributed by atoms with E-state index in [-0.39, 0.29) is 18.3 Å². The molecule has 0 spiro atoms. The van der Waals surface area contributed by atoms with Crippen LogP contribution in [0.4, 0.5) is 8.78 Å². The van der Waals surface area contributed by atoms with Gasteiger partial charge in [-0.3, -0.25) is 4.99 Å². The van der Waals surface area contributed by atoms with Gasteiger partial charge in [-0.15, -0.1) is 0 Å². The standard InChI is InChI=1S/C11H17F2N/c1-4-5-11(12,13)8-9-10(2,3)6-7-14-9/h6-7H,4-5,8H2,1-3H3. The van der Waals surface area contributed by atoms with Gasteiger partial charge in [-0.25, -0.2) is 8.78 Å². The minimum atomic E-state index is -2.60. The third-order valence-corrected chi connectivity index (χ3v) is 2.51. The number of nitrogens with zero attached hydrogens (tertiary/aromatic N) is 1. The van der Waals surface area contributed by atoms with E-state index >= 15 is 0 Å². The van der Waals surface area contributed by atoms with Crippen molar-refractivity contribution in [1.82, 2.24) is 0 Å². The van der Waals surface area contributed by atoms with Crippen molar-refractivity contribution in [2.45, 2.75) is 46.0 Å². The molecule has 1 rings (SSSR count). The van der Waals surface area contributed by atoms with Crippen LogP contribution in [0.25, 0.3) is 0 Å². The average Bonchev–Trinajstić information content (AvgIpc) is 2.29. The lowest BCUT2D eigenvalue weighted by Crippen LogP contribution is -2.28. The van der Waals surface area contributed by atoms with E-state index in [1.807, 2.05) is 19.9 Å². The fourth-order valence-electron chi connectivity index (χ4n) is 1.55. The molecule has 0 saturated carbocycles. The predicted molar refractivity (Wildman–Crippen MR) is 54.8 cm³/mol. The maximum Gasteiger partial charge on any atom is 0.253 e. The highest BCUT2D eigenvalue weighted by Gasteiger charge is 2.35. The van der Waals surface area contributed by atoms with Crippen LogP contribution >= 0.6 is 0 Å². The van der Waals surface area contributed by atoms with E-state index in [4.69, 9.17) is 0 Å². The Morgan fingerprint density at radius 1 is 1.43 bits per heavy atom. The second kappa shape index (κ2) is 3.79. The first-order valence-electron chi connectivity index (χ1n) is 5.00. The van der Waals surface area contributed by atoms with Gasteiger partial charge < -0.3 is 0 Å². The fraction of sp³-hybridized carbons (Fsp3) is 0.727. The summed E-state index contributed by atoms with van der Waals surface area (Å²) in [5.41, 5.74) is 0.299. The molecule has 14 heavy (non-hydrogen) atoms. The molecule has 0 aromatic rings. The lowest BCUT2D eigenvalue weighted by molar-refractivity contribution is -0.00173. The summed E-state index contributed by atoms with van der Waals surface area (Å²) < 4.78 is 26.6. The molecule has 0 saturated heterocycles. The Labute approximate surface area is 83.9 Å². The van der Waals surface area contributed by atoms with Crippen LogP contribution in [-0.4, -0.2) is 11.6 Å². The number of hydrogen-bond donors (Lipinski definition) is 0.